The van der Waals surface area contributed by atoms with Gasteiger partial charge in [0.15, 0.2) is 11.2 Å². The first kappa shape index (κ1) is 12.6. The van der Waals surface area contributed by atoms with E-state index in [2.05, 4.69) is 10.3 Å². The zero-order chi connectivity index (χ0) is 13.0. The van der Waals surface area contributed by atoms with Crippen LogP contribution in [0.1, 0.15) is 12.5 Å². The van der Waals surface area contributed by atoms with Crippen LogP contribution in [0.25, 0.3) is 0 Å². The summed E-state index contributed by atoms with van der Waals surface area (Å²) in [6.07, 6.45) is 1.09. The summed E-state index contributed by atoms with van der Waals surface area (Å²) in [4.78, 5) is 15.8. The van der Waals surface area contributed by atoms with Crippen molar-refractivity contribution >= 4 is 22.4 Å². The van der Waals surface area contributed by atoms with E-state index in [1.165, 1.54) is 11.3 Å². The molecule has 2 aromatic rings. The Balaban J connectivity index is 1.93. The van der Waals surface area contributed by atoms with Crippen LogP contribution in [-0.2, 0) is 4.79 Å². The topological polar surface area (TPSA) is 51.2 Å². The van der Waals surface area contributed by atoms with Crippen molar-refractivity contribution in [2.45, 2.75) is 20.0 Å². The molecule has 0 fully saturated rings. The van der Waals surface area contributed by atoms with Crippen LogP contribution in [0.15, 0.2) is 35.8 Å². The van der Waals surface area contributed by atoms with E-state index in [-0.39, 0.29) is 5.91 Å². The van der Waals surface area contributed by atoms with Crippen molar-refractivity contribution in [3.05, 3.63) is 41.4 Å². The molecule has 0 saturated carbocycles. The molecule has 0 bridgehead atoms. The molecule has 0 radical (unpaired) electrons. The van der Waals surface area contributed by atoms with Crippen LogP contribution in [0, 0.1) is 6.92 Å². The minimum Gasteiger partial charge on any atom is -0.481 e. The molecule has 1 heterocycles. The molecule has 4 nitrogen and oxygen atoms in total. The predicted octanol–water partition coefficient (Wildman–Crippen LogP) is 2.86. The van der Waals surface area contributed by atoms with Gasteiger partial charge in [0, 0.05) is 11.6 Å². The second kappa shape index (κ2) is 5.64. The number of nitrogens with one attached hydrogen (secondary N) is 1. The molecule has 0 aliphatic carbocycles. The van der Waals surface area contributed by atoms with E-state index in [1.807, 2.05) is 31.2 Å². The Bertz CT molecular complexity index is 508. The maximum atomic E-state index is 11.8. The van der Waals surface area contributed by atoms with Gasteiger partial charge in [-0.2, -0.15) is 0 Å². The first-order chi connectivity index (χ1) is 8.65. The van der Waals surface area contributed by atoms with Crippen molar-refractivity contribution in [1.29, 1.82) is 0 Å². The van der Waals surface area contributed by atoms with Crippen LogP contribution in [0.4, 0.5) is 5.13 Å². The predicted molar refractivity (Wildman–Crippen MR) is 72.0 cm³/mol. The molecule has 1 N–H and O–H groups in total. The maximum Gasteiger partial charge on any atom is 0.266 e. The van der Waals surface area contributed by atoms with Gasteiger partial charge in [0.2, 0.25) is 0 Å². The van der Waals surface area contributed by atoms with Gasteiger partial charge >= 0.3 is 0 Å². The van der Waals surface area contributed by atoms with Gasteiger partial charge in [0.05, 0.1) is 0 Å². The first-order valence-corrected chi connectivity index (χ1v) is 6.47. The smallest absolute Gasteiger partial charge is 0.266 e. The van der Waals surface area contributed by atoms with Crippen LogP contribution in [0.2, 0.25) is 0 Å². The van der Waals surface area contributed by atoms with Crippen molar-refractivity contribution in [1.82, 2.24) is 4.98 Å². The number of anilines is 1. The summed E-state index contributed by atoms with van der Waals surface area (Å²) in [5, 5.41) is 5.09. The largest absolute Gasteiger partial charge is 0.481 e. The number of benzene rings is 1. The number of nitrogens with zero attached hydrogens (tertiary/aromatic N) is 1. The lowest BCUT2D eigenvalue weighted by Crippen LogP contribution is -2.30. The van der Waals surface area contributed by atoms with E-state index in [4.69, 9.17) is 4.74 Å². The lowest BCUT2D eigenvalue weighted by molar-refractivity contribution is -0.122. The summed E-state index contributed by atoms with van der Waals surface area (Å²) in [6.45, 7) is 3.71. The molecule has 1 amide bonds. The zero-order valence-corrected chi connectivity index (χ0v) is 11.0. The number of amides is 1. The van der Waals surface area contributed by atoms with Gasteiger partial charge in [-0.25, -0.2) is 4.98 Å². The fraction of sp³-hybridized carbons (Fsp3) is 0.231. The summed E-state index contributed by atoms with van der Waals surface area (Å²) < 4.78 is 5.54. The quantitative estimate of drug-likeness (QED) is 0.921. The van der Waals surface area contributed by atoms with Crippen LogP contribution in [0.5, 0.6) is 5.75 Å². The minimum absolute atomic E-state index is 0.203. The summed E-state index contributed by atoms with van der Waals surface area (Å²) in [5.41, 5.74) is 1.15. The van der Waals surface area contributed by atoms with Crippen LogP contribution < -0.4 is 10.1 Å². The number of hydrogen-bond acceptors (Lipinski definition) is 4. The third-order valence-electron chi connectivity index (χ3n) is 2.37. The van der Waals surface area contributed by atoms with Crippen molar-refractivity contribution in [2.24, 2.45) is 0 Å². The van der Waals surface area contributed by atoms with Crippen LogP contribution >= 0.6 is 11.3 Å². The first-order valence-electron chi connectivity index (χ1n) is 5.59. The number of carbonyl (C=O) groups excluding carboxylic acids is 1. The molecule has 0 aliphatic rings. The molecule has 1 atom stereocenters. The Hall–Kier alpha value is -1.88. The third kappa shape index (κ3) is 3.30. The minimum atomic E-state index is -0.559. The van der Waals surface area contributed by atoms with E-state index < -0.39 is 6.10 Å². The molecule has 1 unspecified atom stereocenters. The molecule has 1 aromatic heterocycles. The van der Waals surface area contributed by atoms with Crippen molar-refractivity contribution < 1.29 is 9.53 Å². The Morgan fingerprint density at radius 1 is 1.39 bits per heavy atom. The van der Waals surface area contributed by atoms with Crippen molar-refractivity contribution in [2.75, 3.05) is 5.32 Å². The molecule has 0 spiro atoms. The average molecular weight is 262 g/mol. The molecule has 0 aliphatic heterocycles. The molecule has 94 valence electrons. The van der Waals surface area contributed by atoms with Gasteiger partial charge in [-0.3, -0.25) is 10.1 Å². The van der Waals surface area contributed by atoms with Gasteiger partial charge in [-0.15, -0.1) is 11.3 Å². The highest BCUT2D eigenvalue weighted by molar-refractivity contribution is 7.13. The number of hydrogen-bond donors (Lipinski definition) is 1. The third-order valence-corrected chi connectivity index (χ3v) is 3.05. The van der Waals surface area contributed by atoms with E-state index in [0.717, 1.165) is 5.56 Å². The molecule has 2 rings (SSSR count). The summed E-state index contributed by atoms with van der Waals surface area (Å²) >= 11 is 1.38. The van der Waals surface area contributed by atoms with E-state index >= 15 is 0 Å². The van der Waals surface area contributed by atoms with E-state index in [0.29, 0.717) is 10.9 Å². The SMILES string of the molecule is Cc1ccc(OC(C)C(=O)Nc2nccs2)cc1. The lowest BCUT2D eigenvalue weighted by Gasteiger charge is -2.13. The fourth-order valence-corrected chi connectivity index (χ4v) is 1.90. The van der Waals surface area contributed by atoms with Gasteiger partial charge in [-0.05, 0) is 26.0 Å². The molecular weight excluding hydrogens is 248 g/mol. The summed E-state index contributed by atoms with van der Waals surface area (Å²) in [6, 6.07) is 7.59. The second-order valence-corrected chi connectivity index (χ2v) is 4.79. The molecule has 18 heavy (non-hydrogen) atoms. The van der Waals surface area contributed by atoms with E-state index in [9.17, 15) is 4.79 Å². The number of rotatable bonds is 4. The average Bonchev–Trinajstić information content (AvgIpc) is 2.85. The number of thiazole rings is 1. The highest BCUT2D eigenvalue weighted by atomic mass is 32.1. The highest BCUT2D eigenvalue weighted by Crippen LogP contribution is 2.15. The van der Waals surface area contributed by atoms with Crippen molar-refractivity contribution in [3.8, 4) is 5.75 Å². The summed E-state index contributed by atoms with van der Waals surface area (Å²) in [5.74, 6) is 0.480. The van der Waals surface area contributed by atoms with E-state index in [1.54, 1.807) is 18.5 Å². The normalized spacial score (nSPS) is 11.9. The monoisotopic (exact) mass is 262 g/mol. The molecule has 0 saturated heterocycles. The Morgan fingerprint density at radius 2 is 2.11 bits per heavy atom. The number of aromatic nitrogens is 1. The number of ether oxygens (including phenoxy) is 1. The van der Waals surface area contributed by atoms with Crippen molar-refractivity contribution in [3.63, 3.8) is 0 Å². The Kier molecular flexibility index (Phi) is 3.94. The van der Waals surface area contributed by atoms with Crippen LogP contribution in [0.3, 0.4) is 0 Å². The molecule has 5 heteroatoms. The van der Waals surface area contributed by atoms with Gasteiger partial charge in [0.1, 0.15) is 5.75 Å². The summed E-state index contributed by atoms with van der Waals surface area (Å²) in [7, 11) is 0. The maximum absolute atomic E-state index is 11.8. The highest BCUT2D eigenvalue weighted by Gasteiger charge is 2.15. The Labute approximate surface area is 110 Å². The lowest BCUT2D eigenvalue weighted by atomic mass is 10.2. The number of aryl methyl sites for hydroxylation is 1. The van der Waals surface area contributed by atoms with Gasteiger partial charge < -0.3 is 4.74 Å². The molecular formula is C13H14N2O2S. The van der Waals surface area contributed by atoms with Crippen LogP contribution in [-0.4, -0.2) is 17.0 Å². The fourth-order valence-electron chi connectivity index (χ4n) is 1.37. The Morgan fingerprint density at radius 3 is 2.72 bits per heavy atom. The number of carbonyl (C=O) groups is 1. The zero-order valence-electron chi connectivity index (χ0n) is 10.2. The van der Waals surface area contributed by atoms with Gasteiger partial charge in [-0.1, -0.05) is 17.7 Å². The standard InChI is InChI=1S/C13H14N2O2S/c1-9-3-5-11(6-4-9)17-10(2)12(16)15-13-14-7-8-18-13/h3-8,10H,1-2H3,(H,14,15,16). The second-order valence-electron chi connectivity index (χ2n) is 3.90. The molecule has 1 aromatic carbocycles. The van der Waals surface area contributed by atoms with Gasteiger partial charge in [0.25, 0.3) is 5.91 Å².